The number of rotatable bonds is 9. The summed E-state index contributed by atoms with van der Waals surface area (Å²) < 4.78 is 14.9. The lowest BCUT2D eigenvalue weighted by Crippen LogP contribution is -2.48. The van der Waals surface area contributed by atoms with Crippen LogP contribution in [-0.4, -0.2) is 49.2 Å². The van der Waals surface area contributed by atoms with Gasteiger partial charge in [0.15, 0.2) is 0 Å². The van der Waals surface area contributed by atoms with Gasteiger partial charge in [-0.1, -0.05) is 0 Å². The predicted molar refractivity (Wildman–Crippen MR) is 102 cm³/mol. The van der Waals surface area contributed by atoms with Crippen molar-refractivity contribution in [1.82, 2.24) is 10.3 Å². The maximum absolute atomic E-state index is 12.2. The Labute approximate surface area is 163 Å². The van der Waals surface area contributed by atoms with E-state index in [-0.39, 0.29) is 19.6 Å². The molecule has 0 spiro atoms. The van der Waals surface area contributed by atoms with Crippen LogP contribution >= 0.6 is 0 Å². The normalized spacial score (nSPS) is 10.6. The van der Waals surface area contributed by atoms with Gasteiger partial charge in [-0.05, 0) is 50.1 Å². The summed E-state index contributed by atoms with van der Waals surface area (Å²) in [5.41, 5.74) is 1.67. The fourth-order valence-corrected chi connectivity index (χ4v) is 2.58. The summed E-state index contributed by atoms with van der Waals surface area (Å²) in [4.78, 5) is 40.4. The van der Waals surface area contributed by atoms with E-state index < -0.39 is 23.9 Å². The van der Waals surface area contributed by atoms with Crippen molar-refractivity contribution in [3.63, 3.8) is 0 Å². The first-order chi connectivity index (χ1) is 13.5. The number of aromatic nitrogens is 1. The van der Waals surface area contributed by atoms with Crippen LogP contribution in [0.3, 0.4) is 0 Å². The van der Waals surface area contributed by atoms with E-state index in [0.29, 0.717) is 6.42 Å². The van der Waals surface area contributed by atoms with Crippen molar-refractivity contribution in [2.75, 3.05) is 20.3 Å². The number of benzene rings is 1. The van der Waals surface area contributed by atoms with Gasteiger partial charge in [0.25, 0.3) is 0 Å². The lowest BCUT2D eigenvalue weighted by Gasteiger charge is -2.15. The zero-order valence-corrected chi connectivity index (χ0v) is 16.2. The van der Waals surface area contributed by atoms with Crippen LogP contribution in [0.25, 0.3) is 10.9 Å². The number of ether oxygens (including phenoxy) is 3. The first-order valence-corrected chi connectivity index (χ1v) is 9.03. The van der Waals surface area contributed by atoms with Gasteiger partial charge in [0.1, 0.15) is 5.75 Å². The lowest BCUT2D eigenvalue weighted by molar-refractivity contribution is -0.159. The Balaban J connectivity index is 2.02. The molecule has 0 unspecified atom stereocenters. The van der Waals surface area contributed by atoms with Crippen LogP contribution in [0.4, 0.5) is 0 Å². The molecule has 8 nitrogen and oxygen atoms in total. The first kappa shape index (κ1) is 21.1. The number of hydrogen-bond acceptors (Lipinski definition) is 7. The second-order valence-electron chi connectivity index (χ2n) is 5.91. The zero-order chi connectivity index (χ0) is 20.5. The topological polar surface area (TPSA) is 104 Å². The van der Waals surface area contributed by atoms with Crippen molar-refractivity contribution in [2.45, 2.75) is 32.7 Å². The monoisotopic (exact) mass is 388 g/mol. The number of nitrogens with one attached hydrogen (secondary N) is 1. The number of fused-ring (bicyclic) bond motifs is 1. The molecule has 0 atom stereocenters. The van der Waals surface area contributed by atoms with Gasteiger partial charge in [-0.15, -0.1) is 0 Å². The number of amides is 1. The molecule has 150 valence electrons. The summed E-state index contributed by atoms with van der Waals surface area (Å²) in [6.45, 7) is 3.42. The molecule has 1 amide bonds. The van der Waals surface area contributed by atoms with Crippen molar-refractivity contribution in [2.24, 2.45) is 0 Å². The number of carbonyl (C=O) groups excluding carboxylic acids is 3. The van der Waals surface area contributed by atoms with Crippen LogP contribution in [-0.2, 0) is 30.3 Å². The molecule has 0 aliphatic heterocycles. The second-order valence-corrected chi connectivity index (χ2v) is 5.91. The fourth-order valence-electron chi connectivity index (χ4n) is 2.58. The minimum absolute atomic E-state index is 0.0759. The number of esters is 2. The van der Waals surface area contributed by atoms with Crippen LogP contribution in [0.5, 0.6) is 5.75 Å². The standard InChI is InChI=1S/C20H24N2O6/c1-4-27-19(24)18(20(25)28-5-2)22-17(23)9-6-13-10-14-11-15(26-3)7-8-16(14)21-12-13/h7-8,10-12,18H,4-6,9H2,1-3H3,(H,22,23). The molecule has 0 saturated heterocycles. The molecule has 0 saturated carbocycles. The summed E-state index contributed by atoms with van der Waals surface area (Å²) in [6, 6.07) is 6.00. The number of nitrogens with zero attached hydrogens (tertiary/aromatic N) is 1. The van der Waals surface area contributed by atoms with Gasteiger partial charge < -0.3 is 19.5 Å². The average molecular weight is 388 g/mol. The van der Waals surface area contributed by atoms with Gasteiger partial charge in [0, 0.05) is 18.0 Å². The van der Waals surface area contributed by atoms with Gasteiger partial charge in [0.2, 0.25) is 11.9 Å². The Bertz CT molecular complexity index is 834. The molecular formula is C20H24N2O6. The molecule has 1 heterocycles. The molecule has 0 aliphatic rings. The van der Waals surface area contributed by atoms with Crippen molar-refractivity contribution in [1.29, 1.82) is 0 Å². The Morgan fingerprint density at radius 2 is 1.75 bits per heavy atom. The van der Waals surface area contributed by atoms with Crippen molar-refractivity contribution in [3.8, 4) is 5.75 Å². The molecule has 0 radical (unpaired) electrons. The van der Waals surface area contributed by atoms with Crippen LogP contribution in [0.1, 0.15) is 25.8 Å². The number of methoxy groups -OCH3 is 1. The first-order valence-electron chi connectivity index (χ1n) is 9.03. The summed E-state index contributed by atoms with van der Waals surface area (Å²) in [6.07, 6.45) is 2.16. The van der Waals surface area contributed by atoms with Crippen molar-refractivity contribution < 1.29 is 28.6 Å². The highest BCUT2D eigenvalue weighted by molar-refractivity contribution is 6.02. The summed E-state index contributed by atoms with van der Waals surface area (Å²) in [7, 11) is 1.59. The van der Waals surface area contributed by atoms with E-state index >= 15 is 0 Å². The molecule has 0 bridgehead atoms. The predicted octanol–water partition coefficient (Wildman–Crippen LogP) is 1.79. The third-order valence-corrected chi connectivity index (χ3v) is 3.94. The number of hydrogen-bond donors (Lipinski definition) is 1. The summed E-state index contributed by atoms with van der Waals surface area (Å²) >= 11 is 0. The van der Waals surface area contributed by atoms with Gasteiger partial charge >= 0.3 is 11.9 Å². The van der Waals surface area contributed by atoms with E-state index in [1.807, 2.05) is 24.3 Å². The van der Waals surface area contributed by atoms with Crippen LogP contribution in [0.2, 0.25) is 0 Å². The number of pyridine rings is 1. The van der Waals surface area contributed by atoms with E-state index in [0.717, 1.165) is 22.2 Å². The number of aryl methyl sites for hydroxylation is 1. The Hall–Kier alpha value is -3.16. The molecule has 28 heavy (non-hydrogen) atoms. The van der Waals surface area contributed by atoms with Crippen molar-refractivity contribution >= 4 is 28.7 Å². The maximum atomic E-state index is 12.2. The number of carbonyl (C=O) groups is 3. The van der Waals surface area contributed by atoms with Gasteiger partial charge in [-0.25, -0.2) is 9.59 Å². The van der Waals surface area contributed by atoms with E-state index in [2.05, 4.69) is 10.3 Å². The maximum Gasteiger partial charge on any atom is 0.340 e. The highest BCUT2D eigenvalue weighted by Crippen LogP contribution is 2.20. The van der Waals surface area contributed by atoms with Crippen molar-refractivity contribution in [3.05, 3.63) is 36.0 Å². The Morgan fingerprint density at radius 1 is 1.07 bits per heavy atom. The Kier molecular flexibility index (Phi) is 7.74. The van der Waals surface area contributed by atoms with E-state index in [9.17, 15) is 14.4 Å². The molecule has 0 fully saturated rings. The Morgan fingerprint density at radius 3 is 2.36 bits per heavy atom. The molecule has 2 aromatic rings. The highest BCUT2D eigenvalue weighted by atomic mass is 16.6. The minimum atomic E-state index is -1.47. The third kappa shape index (κ3) is 5.67. The SMILES string of the molecule is CCOC(=O)C(NC(=O)CCc1cnc2ccc(OC)cc2c1)C(=O)OCC. The zero-order valence-electron chi connectivity index (χ0n) is 16.2. The molecule has 0 aliphatic carbocycles. The van der Waals surface area contributed by atoms with Crippen LogP contribution < -0.4 is 10.1 Å². The molecule has 2 rings (SSSR count). The van der Waals surface area contributed by atoms with Gasteiger partial charge in [-0.2, -0.15) is 0 Å². The van der Waals surface area contributed by atoms with Crippen LogP contribution in [0.15, 0.2) is 30.5 Å². The third-order valence-electron chi connectivity index (χ3n) is 3.94. The van der Waals surface area contributed by atoms with E-state index in [1.54, 1.807) is 27.2 Å². The minimum Gasteiger partial charge on any atom is -0.497 e. The molecular weight excluding hydrogens is 364 g/mol. The largest absolute Gasteiger partial charge is 0.497 e. The van der Waals surface area contributed by atoms with E-state index in [4.69, 9.17) is 14.2 Å². The molecule has 1 N–H and O–H groups in total. The second kappa shape index (κ2) is 10.2. The van der Waals surface area contributed by atoms with Crippen LogP contribution in [0, 0.1) is 0 Å². The lowest BCUT2D eigenvalue weighted by atomic mass is 10.1. The fraction of sp³-hybridized carbons (Fsp3) is 0.400. The highest BCUT2D eigenvalue weighted by Gasteiger charge is 2.31. The molecule has 8 heteroatoms. The van der Waals surface area contributed by atoms with Gasteiger partial charge in [0.05, 0.1) is 25.8 Å². The summed E-state index contributed by atoms with van der Waals surface area (Å²) in [5.74, 6) is -1.42. The smallest absolute Gasteiger partial charge is 0.340 e. The molecule has 1 aromatic heterocycles. The molecule has 1 aromatic carbocycles. The van der Waals surface area contributed by atoms with E-state index in [1.165, 1.54) is 0 Å². The van der Waals surface area contributed by atoms with Gasteiger partial charge in [-0.3, -0.25) is 9.78 Å². The summed E-state index contributed by atoms with van der Waals surface area (Å²) in [5, 5.41) is 3.28. The quantitative estimate of drug-likeness (QED) is 0.516. The average Bonchev–Trinajstić information content (AvgIpc) is 2.70.